The number of carbonyl (C=O) groups is 1. The largest absolute Gasteiger partial charge is 0.503 e. The Balaban J connectivity index is 1.58. The number of fused-ring (bicyclic) bond motifs is 3. The van der Waals surface area contributed by atoms with E-state index in [2.05, 4.69) is 10.2 Å². The Hall–Kier alpha value is -3.28. The molecule has 35 heavy (non-hydrogen) atoms. The predicted molar refractivity (Wildman–Crippen MR) is 119 cm³/mol. The van der Waals surface area contributed by atoms with Crippen LogP contribution in [-0.4, -0.2) is 49.2 Å². The Bertz CT molecular complexity index is 1390. The topological polar surface area (TPSA) is 88.3 Å². The van der Waals surface area contributed by atoms with Gasteiger partial charge in [-0.2, -0.15) is 0 Å². The normalized spacial score (nSPS) is 21.1. The second-order valence-electron chi connectivity index (χ2n) is 8.65. The maximum atomic E-state index is 14.9. The van der Waals surface area contributed by atoms with E-state index in [4.69, 9.17) is 0 Å². The lowest BCUT2D eigenvalue weighted by molar-refractivity contribution is -0.119. The maximum Gasteiger partial charge on any atom is 0.275 e. The van der Waals surface area contributed by atoms with Crippen LogP contribution in [0, 0.1) is 11.6 Å². The first-order valence-electron chi connectivity index (χ1n) is 11.1. The Morgan fingerprint density at radius 1 is 1.23 bits per heavy atom. The molecule has 0 radical (unpaired) electrons. The number of rotatable bonds is 4. The number of aromatic hydroxyl groups is 1. The fourth-order valence-electron chi connectivity index (χ4n) is 4.97. The molecule has 7 nitrogen and oxygen atoms in total. The van der Waals surface area contributed by atoms with E-state index in [-0.39, 0.29) is 47.6 Å². The molecular formula is C23H20F4N4O3S. The molecule has 1 saturated carbocycles. The van der Waals surface area contributed by atoms with Crippen molar-refractivity contribution in [1.82, 2.24) is 19.7 Å². The second kappa shape index (κ2) is 8.43. The Labute approximate surface area is 200 Å². The smallest absolute Gasteiger partial charge is 0.275 e. The van der Waals surface area contributed by atoms with Crippen LogP contribution < -0.4 is 5.43 Å². The van der Waals surface area contributed by atoms with E-state index >= 15 is 0 Å². The zero-order valence-corrected chi connectivity index (χ0v) is 19.3. The summed E-state index contributed by atoms with van der Waals surface area (Å²) >= 11 is 0.952. The van der Waals surface area contributed by atoms with E-state index in [1.807, 2.05) is 0 Å². The molecular weight excluding hydrogens is 488 g/mol. The number of benzene rings is 1. The minimum absolute atomic E-state index is 0.00464. The van der Waals surface area contributed by atoms with Gasteiger partial charge in [-0.25, -0.2) is 17.6 Å². The Kier molecular flexibility index (Phi) is 5.65. The molecule has 0 bridgehead atoms. The first kappa shape index (κ1) is 23.5. The number of carbonyl (C=O) groups excluding carboxylic acids is 1. The van der Waals surface area contributed by atoms with Crippen molar-refractivity contribution in [2.75, 3.05) is 6.54 Å². The van der Waals surface area contributed by atoms with Crippen molar-refractivity contribution < 1.29 is 27.5 Å². The molecule has 1 amide bonds. The summed E-state index contributed by atoms with van der Waals surface area (Å²) in [7, 11) is 0. The average molecular weight is 508 g/mol. The molecule has 2 atom stereocenters. The summed E-state index contributed by atoms with van der Waals surface area (Å²) in [5, 5.41) is 19.0. The molecule has 184 valence electrons. The molecule has 5 rings (SSSR count). The zero-order valence-electron chi connectivity index (χ0n) is 18.5. The number of hydrogen-bond acceptors (Lipinski definition) is 6. The first-order chi connectivity index (χ1) is 16.6. The van der Waals surface area contributed by atoms with Crippen LogP contribution in [0.5, 0.6) is 5.75 Å². The van der Waals surface area contributed by atoms with Gasteiger partial charge in [-0.05, 0) is 31.4 Å². The van der Waals surface area contributed by atoms with E-state index in [0.29, 0.717) is 11.4 Å². The lowest BCUT2D eigenvalue weighted by atomic mass is 9.83. The van der Waals surface area contributed by atoms with Crippen LogP contribution in [0.4, 0.5) is 17.6 Å². The summed E-state index contributed by atoms with van der Waals surface area (Å²) in [5.74, 6) is -6.26. The molecule has 2 aliphatic rings. The molecule has 3 heterocycles. The average Bonchev–Trinajstić information content (AvgIpc) is 3.26. The van der Waals surface area contributed by atoms with E-state index in [1.165, 1.54) is 16.8 Å². The summed E-state index contributed by atoms with van der Waals surface area (Å²) in [5.41, 5.74) is -1.12. The zero-order chi connectivity index (χ0) is 25.1. The van der Waals surface area contributed by atoms with Crippen molar-refractivity contribution in [3.05, 3.63) is 62.5 Å². The lowest BCUT2D eigenvalue weighted by Crippen LogP contribution is -2.60. The third-order valence-electron chi connectivity index (χ3n) is 6.57. The molecule has 2 aromatic heterocycles. The SMILES string of the molecule is CCN1C(=O)c2c(O)c(=O)c(-c3nnc(Cc4ccc(F)cc4F)s3)cn2[C@H]2CCCC(F)(F)[C@H]21. The summed E-state index contributed by atoms with van der Waals surface area (Å²) in [6, 6.07) is 0.902. The molecule has 12 heteroatoms. The summed E-state index contributed by atoms with van der Waals surface area (Å²) in [6.07, 6.45) is 1.47. The van der Waals surface area contributed by atoms with Gasteiger partial charge in [-0.3, -0.25) is 9.59 Å². The van der Waals surface area contributed by atoms with Gasteiger partial charge >= 0.3 is 0 Å². The van der Waals surface area contributed by atoms with Crippen molar-refractivity contribution in [2.24, 2.45) is 0 Å². The third-order valence-corrected chi connectivity index (χ3v) is 7.53. The van der Waals surface area contributed by atoms with Crippen LogP contribution in [0.15, 0.2) is 29.2 Å². The van der Waals surface area contributed by atoms with Crippen molar-refractivity contribution in [3.8, 4) is 16.3 Å². The fourth-order valence-corrected chi connectivity index (χ4v) is 5.84. The van der Waals surface area contributed by atoms with Crippen LogP contribution in [0.25, 0.3) is 10.6 Å². The highest BCUT2D eigenvalue weighted by molar-refractivity contribution is 7.14. The van der Waals surface area contributed by atoms with E-state index in [1.54, 1.807) is 6.92 Å². The van der Waals surface area contributed by atoms with E-state index < -0.39 is 46.7 Å². The lowest BCUT2D eigenvalue weighted by Gasteiger charge is -2.48. The highest BCUT2D eigenvalue weighted by atomic mass is 32.1. The Morgan fingerprint density at radius 3 is 2.71 bits per heavy atom. The molecule has 1 N–H and O–H groups in total. The van der Waals surface area contributed by atoms with Gasteiger partial charge in [0.15, 0.2) is 16.5 Å². The van der Waals surface area contributed by atoms with Gasteiger partial charge in [-0.1, -0.05) is 17.4 Å². The number of aromatic nitrogens is 3. The van der Waals surface area contributed by atoms with Gasteiger partial charge in [0.1, 0.15) is 22.7 Å². The number of alkyl halides is 2. The summed E-state index contributed by atoms with van der Waals surface area (Å²) in [6.45, 7) is 1.58. The summed E-state index contributed by atoms with van der Waals surface area (Å²) < 4.78 is 58.3. The highest BCUT2D eigenvalue weighted by Crippen LogP contribution is 2.46. The van der Waals surface area contributed by atoms with Crippen molar-refractivity contribution in [2.45, 2.75) is 50.6 Å². The summed E-state index contributed by atoms with van der Waals surface area (Å²) in [4.78, 5) is 27.1. The van der Waals surface area contributed by atoms with Crippen molar-refractivity contribution in [1.29, 1.82) is 0 Å². The number of amides is 1. The van der Waals surface area contributed by atoms with Crippen LogP contribution in [-0.2, 0) is 6.42 Å². The van der Waals surface area contributed by atoms with Crippen LogP contribution >= 0.6 is 11.3 Å². The molecule has 1 fully saturated rings. The maximum absolute atomic E-state index is 14.9. The molecule has 1 aliphatic carbocycles. The molecule has 0 spiro atoms. The molecule has 1 aromatic carbocycles. The van der Waals surface area contributed by atoms with Gasteiger partial charge < -0.3 is 14.6 Å². The molecule has 3 aromatic rings. The van der Waals surface area contributed by atoms with E-state index in [9.17, 15) is 32.3 Å². The van der Waals surface area contributed by atoms with Crippen molar-refractivity contribution in [3.63, 3.8) is 0 Å². The molecule has 0 saturated heterocycles. The number of hydrogen-bond donors (Lipinski definition) is 1. The monoisotopic (exact) mass is 508 g/mol. The molecule has 0 unspecified atom stereocenters. The Morgan fingerprint density at radius 2 is 2.00 bits per heavy atom. The minimum atomic E-state index is -3.12. The van der Waals surface area contributed by atoms with Crippen molar-refractivity contribution >= 4 is 17.2 Å². The van der Waals surface area contributed by atoms with Gasteiger partial charge in [-0.15, -0.1) is 10.2 Å². The third kappa shape index (κ3) is 3.79. The number of likely N-dealkylation sites (N-methyl/N-ethyl adjacent to an activating group) is 1. The highest BCUT2D eigenvalue weighted by Gasteiger charge is 2.55. The second-order valence-corrected chi connectivity index (χ2v) is 9.71. The van der Waals surface area contributed by atoms with Crippen LogP contribution in [0.3, 0.4) is 0 Å². The van der Waals surface area contributed by atoms with Gasteiger partial charge in [0.05, 0.1) is 11.6 Å². The van der Waals surface area contributed by atoms with Gasteiger partial charge in [0.2, 0.25) is 5.43 Å². The van der Waals surface area contributed by atoms with Gasteiger partial charge in [0.25, 0.3) is 11.8 Å². The van der Waals surface area contributed by atoms with Gasteiger partial charge in [0, 0.05) is 31.6 Å². The molecule has 1 aliphatic heterocycles. The quantitative estimate of drug-likeness (QED) is 0.535. The predicted octanol–water partition coefficient (Wildman–Crippen LogP) is 4.15. The standard InChI is InChI=1S/C23H20F4N4O3S/c1-2-30-20-15(4-3-7-23(20,26)27)31-10-13(18(32)19(33)17(31)22(30)34)21-29-28-16(35-21)8-11-5-6-12(24)9-14(11)25/h5-6,9-10,15,20,33H,2-4,7-8H2,1H3/t15-,20-/m0/s1. The minimum Gasteiger partial charge on any atom is -0.503 e. The number of halogens is 4. The van der Waals surface area contributed by atoms with Crippen LogP contribution in [0.2, 0.25) is 0 Å². The van der Waals surface area contributed by atoms with E-state index in [0.717, 1.165) is 28.4 Å². The number of nitrogens with zero attached hydrogens (tertiary/aromatic N) is 4. The van der Waals surface area contributed by atoms with Crippen LogP contribution in [0.1, 0.15) is 53.3 Å². The number of pyridine rings is 1. The fraction of sp³-hybridized carbons (Fsp3) is 0.391. The first-order valence-corrected chi connectivity index (χ1v) is 11.9.